The fourth-order valence-electron chi connectivity index (χ4n) is 3.05. The molecule has 0 bridgehead atoms. The van der Waals surface area contributed by atoms with Crippen LogP contribution in [0, 0.1) is 17.6 Å². The molecule has 4 nitrogen and oxygen atoms in total. The topological polar surface area (TPSA) is 49.4 Å². The number of thiophene rings is 1. The van der Waals surface area contributed by atoms with Crippen LogP contribution < -0.4 is 10.2 Å². The van der Waals surface area contributed by atoms with Crippen LogP contribution in [0.25, 0.3) is 0 Å². The molecule has 1 fully saturated rings. The summed E-state index contributed by atoms with van der Waals surface area (Å²) in [6.45, 7) is 1.94. The molecule has 2 aromatic rings. The van der Waals surface area contributed by atoms with E-state index in [-0.39, 0.29) is 30.4 Å². The van der Waals surface area contributed by atoms with Crippen molar-refractivity contribution < 1.29 is 18.4 Å². The zero-order chi connectivity index (χ0) is 18.5. The lowest BCUT2D eigenvalue weighted by atomic mass is 10.1. The Labute approximate surface area is 154 Å². The van der Waals surface area contributed by atoms with Crippen LogP contribution in [0.5, 0.6) is 0 Å². The van der Waals surface area contributed by atoms with Crippen molar-refractivity contribution in [2.45, 2.75) is 19.3 Å². The summed E-state index contributed by atoms with van der Waals surface area (Å²) in [7, 11) is 0. The van der Waals surface area contributed by atoms with E-state index in [0.29, 0.717) is 23.7 Å². The monoisotopic (exact) mass is 378 g/mol. The second-order valence-corrected chi connectivity index (χ2v) is 7.35. The van der Waals surface area contributed by atoms with E-state index < -0.39 is 11.6 Å². The number of nitrogens with one attached hydrogen (secondary N) is 1. The average Bonchev–Trinajstić information content (AvgIpc) is 3.32. The maximum absolute atomic E-state index is 13.4. The van der Waals surface area contributed by atoms with Gasteiger partial charge in [0.2, 0.25) is 5.91 Å². The Bertz CT molecular complexity index is 780. The average molecular weight is 378 g/mol. The number of hydrogen-bond donors (Lipinski definition) is 1. The molecule has 0 saturated carbocycles. The van der Waals surface area contributed by atoms with E-state index in [0.717, 1.165) is 19.0 Å². The number of benzene rings is 1. The first-order valence-electron chi connectivity index (χ1n) is 8.56. The molecule has 7 heteroatoms. The van der Waals surface area contributed by atoms with Gasteiger partial charge >= 0.3 is 0 Å². The molecule has 3 rings (SSSR count). The number of anilines is 1. The summed E-state index contributed by atoms with van der Waals surface area (Å²) in [6, 6.07) is 7.47. The zero-order valence-corrected chi connectivity index (χ0v) is 15.0. The van der Waals surface area contributed by atoms with E-state index >= 15 is 0 Å². The summed E-state index contributed by atoms with van der Waals surface area (Å²) < 4.78 is 26.4. The Morgan fingerprint density at radius 3 is 2.77 bits per heavy atom. The number of halogens is 2. The Hall–Kier alpha value is -2.28. The fourth-order valence-corrected chi connectivity index (χ4v) is 3.74. The van der Waals surface area contributed by atoms with Crippen molar-refractivity contribution in [3.05, 3.63) is 52.2 Å². The number of ketones is 1. The molecule has 1 atom stereocenters. The molecule has 26 heavy (non-hydrogen) atoms. The molecule has 0 aliphatic carbocycles. The summed E-state index contributed by atoms with van der Waals surface area (Å²) in [5.41, 5.74) is 0.652. The lowest BCUT2D eigenvalue weighted by molar-refractivity contribution is -0.121. The molecule has 138 valence electrons. The first-order valence-corrected chi connectivity index (χ1v) is 9.44. The number of carbonyl (C=O) groups is 2. The van der Waals surface area contributed by atoms with Gasteiger partial charge in [0.05, 0.1) is 4.88 Å². The maximum Gasteiger partial charge on any atom is 0.220 e. The van der Waals surface area contributed by atoms with Crippen molar-refractivity contribution in [1.29, 1.82) is 0 Å². The molecule has 1 aliphatic heterocycles. The molecule has 0 unspecified atom stereocenters. The fraction of sp³-hybridized carbons (Fsp3) is 0.368. The quantitative estimate of drug-likeness (QED) is 0.749. The van der Waals surface area contributed by atoms with Crippen molar-refractivity contribution in [1.82, 2.24) is 5.32 Å². The van der Waals surface area contributed by atoms with Crippen LogP contribution in [0.2, 0.25) is 0 Å². The van der Waals surface area contributed by atoms with Gasteiger partial charge in [-0.1, -0.05) is 6.07 Å². The molecule has 0 spiro atoms. The molecule has 1 aromatic carbocycles. The summed E-state index contributed by atoms with van der Waals surface area (Å²) >= 11 is 1.38. The van der Waals surface area contributed by atoms with E-state index in [4.69, 9.17) is 0 Å². The summed E-state index contributed by atoms with van der Waals surface area (Å²) in [6.07, 6.45) is 1.25. The minimum Gasteiger partial charge on any atom is -0.371 e. The first-order chi connectivity index (χ1) is 12.5. The standard InChI is InChI=1S/C19H20F2N2O2S/c20-15-4-3-14(10-16(15)21)23-8-7-13(12-23)11-22-19(25)6-5-17(24)18-2-1-9-26-18/h1-4,9-10,13H,5-8,11-12H2,(H,22,25)/t13-/m1/s1. The highest BCUT2D eigenvalue weighted by molar-refractivity contribution is 7.12. The van der Waals surface area contributed by atoms with Crippen LogP contribution in [-0.4, -0.2) is 31.3 Å². The van der Waals surface area contributed by atoms with Gasteiger partial charge in [-0.25, -0.2) is 8.78 Å². The van der Waals surface area contributed by atoms with Crippen molar-refractivity contribution in [2.24, 2.45) is 5.92 Å². The molecule has 1 amide bonds. The minimum atomic E-state index is -0.853. The predicted octanol–water partition coefficient (Wildman–Crippen LogP) is 3.63. The molecule has 0 radical (unpaired) electrons. The third-order valence-electron chi connectivity index (χ3n) is 4.52. The Balaban J connectivity index is 1.40. The number of carbonyl (C=O) groups excluding carboxylic acids is 2. The van der Waals surface area contributed by atoms with Gasteiger partial charge in [0.1, 0.15) is 0 Å². The molecule has 1 aromatic heterocycles. The van der Waals surface area contributed by atoms with Gasteiger partial charge < -0.3 is 10.2 Å². The zero-order valence-electron chi connectivity index (χ0n) is 14.2. The van der Waals surface area contributed by atoms with Crippen molar-refractivity contribution in [3.63, 3.8) is 0 Å². The van der Waals surface area contributed by atoms with Crippen LogP contribution in [0.15, 0.2) is 35.7 Å². The van der Waals surface area contributed by atoms with Crippen LogP contribution in [0.1, 0.15) is 28.9 Å². The van der Waals surface area contributed by atoms with Crippen molar-refractivity contribution in [2.75, 3.05) is 24.5 Å². The Morgan fingerprint density at radius 2 is 2.04 bits per heavy atom. The van der Waals surface area contributed by atoms with Gasteiger partial charge in [-0.05, 0) is 35.9 Å². The Morgan fingerprint density at radius 1 is 1.19 bits per heavy atom. The smallest absolute Gasteiger partial charge is 0.220 e. The summed E-state index contributed by atoms with van der Waals surface area (Å²) in [5, 5.41) is 4.71. The van der Waals surface area contributed by atoms with Crippen LogP contribution in [0.4, 0.5) is 14.5 Å². The largest absolute Gasteiger partial charge is 0.371 e. The van der Waals surface area contributed by atoms with Crippen LogP contribution >= 0.6 is 11.3 Å². The normalized spacial score (nSPS) is 16.7. The van der Waals surface area contributed by atoms with E-state index in [9.17, 15) is 18.4 Å². The van der Waals surface area contributed by atoms with Gasteiger partial charge in [-0.2, -0.15) is 0 Å². The van der Waals surface area contributed by atoms with Gasteiger partial charge in [0.15, 0.2) is 17.4 Å². The number of amides is 1. The van der Waals surface area contributed by atoms with Gasteiger partial charge in [0.25, 0.3) is 0 Å². The van der Waals surface area contributed by atoms with Gasteiger partial charge in [0, 0.05) is 44.2 Å². The number of nitrogens with zero attached hydrogens (tertiary/aromatic N) is 1. The highest BCUT2D eigenvalue weighted by atomic mass is 32.1. The lowest BCUT2D eigenvalue weighted by Crippen LogP contribution is -2.31. The first kappa shape index (κ1) is 18.5. The third kappa shape index (κ3) is 4.66. The summed E-state index contributed by atoms with van der Waals surface area (Å²) in [4.78, 5) is 26.5. The van der Waals surface area contributed by atoms with Gasteiger partial charge in [-0.3, -0.25) is 9.59 Å². The van der Waals surface area contributed by atoms with E-state index in [1.54, 1.807) is 12.1 Å². The predicted molar refractivity (Wildman–Crippen MR) is 97.6 cm³/mol. The highest BCUT2D eigenvalue weighted by Crippen LogP contribution is 2.25. The van der Waals surface area contributed by atoms with E-state index in [1.807, 2.05) is 16.3 Å². The lowest BCUT2D eigenvalue weighted by Gasteiger charge is -2.19. The summed E-state index contributed by atoms with van der Waals surface area (Å²) in [5.74, 6) is -1.61. The molecular weight excluding hydrogens is 358 g/mol. The molecule has 1 N–H and O–H groups in total. The van der Waals surface area contributed by atoms with Crippen LogP contribution in [0.3, 0.4) is 0 Å². The van der Waals surface area contributed by atoms with Gasteiger partial charge in [-0.15, -0.1) is 11.3 Å². The second kappa shape index (κ2) is 8.40. The van der Waals surface area contributed by atoms with Crippen LogP contribution in [-0.2, 0) is 4.79 Å². The SMILES string of the molecule is O=C(CCC(=O)c1cccs1)NC[C@H]1CCN(c2ccc(F)c(F)c2)C1. The third-order valence-corrected chi connectivity index (χ3v) is 5.43. The number of rotatable bonds is 7. The highest BCUT2D eigenvalue weighted by Gasteiger charge is 2.24. The number of hydrogen-bond acceptors (Lipinski definition) is 4. The molecule has 2 heterocycles. The van der Waals surface area contributed by atoms with Crippen molar-refractivity contribution >= 4 is 28.7 Å². The minimum absolute atomic E-state index is 0.0134. The second-order valence-electron chi connectivity index (χ2n) is 6.40. The Kier molecular flexibility index (Phi) is 5.98. The number of Topliss-reactive ketones (excluding diaryl/α,β-unsaturated/α-hetero) is 1. The van der Waals surface area contributed by atoms with Crippen molar-refractivity contribution in [3.8, 4) is 0 Å². The molecule has 1 saturated heterocycles. The van der Waals surface area contributed by atoms with E-state index in [1.165, 1.54) is 17.4 Å². The molecular formula is C19H20F2N2O2S. The molecule has 1 aliphatic rings. The van der Waals surface area contributed by atoms with E-state index in [2.05, 4.69) is 5.32 Å². The maximum atomic E-state index is 13.4.